The average molecular weight is 510 g/mol. The van der Waals surface area contributed by atoms with Crippen LogP contribution in [0, 0.1) is 18.6 Å². The first-order valence-electron chi connectivity index (χ1n) is 11.6. The second-order valence-corrected chi connectivity index (χ2v) is 9.62. The van der Waals surface area contributed by atoms with Gasteiger partial charge >= 0.3 is 0 Å². The van der Waals surface area contributed by atoms with E-state index in [2.05, 4.69) is 15.5 Å². The number of benzene rings is 2. The van der Waals surface area contributed by atoms with Gasteiger partial charge in [-0.05, 0) is 31.9 Å². The fraction of sp³-hybridized carbons (Fsp3) is 0.269. The second kappa shape index (κ2) is 8.25. The van der Waals surface area contributed by atoms with Crippen LogP contribution in [0.5, 0.6) is 5.75 Å². The van der Waals surface area contributed by atoms with E-state index < -0.39 is 23.1 Å². The van der Waals surface area contributed by atoms with Crippen LogP contribution in [0.1, 0.15) is 40.2 Å². The quantitative estimate of drug-likeness (QED) is 0.427. The molecule has 7 nitrogen and oxygen atoms in total. The van der Waals surface area contributed by atoms with Gasteiger partial charge in [0.15, 0.2) is 17.1 Å². The first-order valence-corrected chi connectivity index (χ1v) is 12.0. The molecule has 0 radical (unpaired) electrons. The van der Waals surface area contributed by atoms with E-state index in [1.54, 1.807) is 6.92 Å². The van der Waals surface area contributed by atoms with Crippen LogP contribution in [0.25, 0.3) is 16.8 Å². The molecule has 0 bridgehead atoms. The van der Waals surface area contributed by atoms with Crippen molar-refractivity contribution in [1.29, 1.82) is 0 Å². The summed E-state index contributed by atoms with van der Waals surface area (Å²) in [5.41, 5.74) is 5.75. The summed E-state index contributed by atoms with van der Waals surface area (Å²) < 4.78 is 39.1. The van der Waals surface area contributed by atoms with Crippen LogP contribution in [-0.2, 0) is 12.0 Å². The number of primary amides is 1. The van der Waals surface area contributed by atoms with Crippen molar-refractivity contribution < 1.29 is 18.3 Å². The number of aromatic nitrogens is 3. The lowest BCUT2D eigenvalue weighted by atomic mass is 9.80. The lowest BCUT2D eigenvalue weighted by molar-refractivity contribution is 0.0539. The molecule has 1 amide bonds. The van der Waals surface area contributed by atoms with Gasteiger partial charge in [-0.15, -0.1) is 10.2 Å². The zero-order chi connectivity index (χ0) is 25.2. The summed E-state index contributed by atoms with van der Waals surface area (Å²) in [6, 6.07) is 10.8. The summed E-state index contributed by atoms with van der Waals surface area (Å²) in [5.74, 6) is -1.93. The maximum Gasteiger partial charge on any atom is 0.250 e. The van der Waals surface area contributed by atoms with Crippen molar-refractivity contribution in [3.63, 3.8) is 0 Å². The third kappa shape index (κ3) is 3.23. The van der Waals surface area contributed by atoms with Gasteiger partial charge in [0, 0.05) is 35.4 Å². The fourth-order valence-corrected chi connectivity index (χ4v) is 5.81. The Morgan fingerprint density at radius 1 is 1.25 bits per heavy atom. The number of nitrogens with one attached hydrogen (secondary N) is 1. The first kappa shape index (κ1) is 22.9. The Morgan fingerprint density at radius 3 is 2.72 bits per heavy atom. The monoisotopic (exact) mass is 509 g/mol. The number of pyridine rings is 1. The molecule has 2 aromatic heterocycles. The zero-order valence-corrected chi connectivity index (χ0v) is 20.1. The molecule has 4 heterocycles. The van der Waals surface area contributed by atoms with Gasteiger partial charge < -0.3 is 15.8 Å². The smallest absolute Gasteiger partial charge is 0.250 e. The Hall–Kier alpha value is -3.56. The molecule has 184 valence electrons. The van der Waals surface area contributed by atoms with E-state index in [1.807, 2.05) is 30.3 Å². The number of ether oxygens (including phenoxy) is 1. The van der Waals surface area contributed by atoms with Crippen molar-refractivity contribution in [1.82, 2.24) is 19.9 Å². The number of aryl methyl sites for hydroxylation is 1. The molecule has 2 atom stereocenters. The highest BCUT2D eigenvalue weighted by Gasteiger charge is 2.50. The number of nitrogens with zero attached hydrogens (tertiary/aromatic N) is 3. The molecule has 6 rings (SSSR count). The minimum absolute atomic E-state index is 0.0388. The molecule has 2 aliphatic rings. The average Bonchev–Trinajstić information content (AvgIpc) is 3.61. The predicted molar refractivity (Wildman–Crippen MR) is 130 cm³/mol. The maximum absolute atomic E-state index is 16.0. The molecule has 10 heteroatoms. The van der Waals surface area contributed by atoms with Gasteiger partial charge in [0.1, 0.15) is 17.4 Å². The minimum Gasteiger partial charge on any atom is -0.480 e. The van der Waals surface area contributed by atoms with Crippen molar-refractivity contribution in [3.05, 3.63) is 81.8 Å². The molecular formula is C26H22ClF2N5O2. The topological polar surface area (TPSA) is 94.5 Å². The number of amides is 1. The summed E-state index contributed by atoms with van der Waals surface area (Å²) in [6.45, 7) is 2.44. The zero-order valence-electron chi connectivity index (χ0n) is 19.3. The van der Waals surface area contributed by atoms with E-state index in [0.29, 0.717) is 11.4 Å². The molecule has 4 aromatic rings. The summed E-state index contributed by atoms with van der Waals surface area (Å²) in [6.07, 6.45) is 3.45. The number of nitrogens with two attached hydrogens (primary N) is 1. The number of hydrogen-bond donors (Lipinski definition) is 2. The van der Waals surface area contributed by atoms with Gasteiger partial charge in [-0.2, -0.15) is 0 Å². The number of rotatable bonds is 4. The van der Waals surface area contributed by atoms with Crippen LogP contribution >= 0.6 is 11.6 Å². The third-order valence-electron chi connectivity index (χ3n) is 7.23. The molecule has 0 unspecified atom stereocenters. The van der Waals surface area contributed by atoms with E-state index in [1.165, 1.54) is 16.7 Å². The van der Waals surface area contributed by atoms with Crippen molar-refractivity contribution in [3.8, 4) is 16.9 Å². The highest BCUT2D eigenvalue weighted by molar-refractivity contribution is 6.34. The molecule has 3 N–H and O–H groups in total. The van der Waals surface area contributed by atoms with Crippen LogP contribution in [0.4, 0.5) is 8.78 Å². The highest BCUT2D eigenvalue weighted by atomic mass is 35.5. The van der Waals surface area contributed by atoms with Crippen molar-refractivity contribution >= 4 is 23.2 Å². The molecule has 0 saturated carbocycles. The Morgan fingerprint density at radius 2 is 2.03 bits per heavy atom. The standard InChI is InChI=1S/C26H22ClF2N5O2/c1-13-32-33-25-23(29)21(16(24(30)35)12-34(13)25)20-15-11-26(19-8-5-9-31-19,14-6-3-2-4-7-14)36-18(15)10-17(28)22(20)27/h2-4,6-7,10,12,19,31H,5,8-9,11H2,1H3,(H2,30,35)/t19-,26-/m0/s1. The first-order chi connectivity index (χ1) is 17.3. The molecule has 1 saturated heterocycles. The molecule has 1 fully saturated rings. The molecular weight excluding hydrogens is 488 g/mol. The molecule has 2 aromatic carbocycles. The van der Waals surface area contributed by atoms with E-state index in [-0.39, 0.29) is 45.6 Å². The summed E-state index contributed by atoms with van der Waals surface area (Å²) in [7, 11) is 0. The number of hydrogen-bond acceptors (Lipinski definition) is 5. The fourth-order valence-electron chi connectivity index (χ4n) is 5.55. The van der Waals surface area contributed by atoms with Gasteiger partial charge in [0.2, 0.25) is 0 Å². The lowest BCUT2D eigenvalue weighted by Gasteiger charge is -2.35. The van der Waals surface area contributed by atoms with Crippen molar-refractivity contribution in [2.24, 2.45) is 5.73 Å². The number of halogens is 3. The second-order valence-electron chi connectivity index (χ2n) is 9.24. The van der Waals surface area contributed by atoms with Crippen LogP contribution in [-0.4, -0.2) is 33.1 Å². The Kier molecular flexibility index (Phi) is 5.24. The van der Waals surface area contributed by atoms with E-state index in [9.17, 15) is 4.79 Å². The van der Waals surface area contributed by atoms with Gasteiger partial charge in [-0.3, -0.25) is 9.20 Å². The van der Waals surface area contributed by atoms with Gasteiger partial charge in [0.05, 0.1) is 16.6 Å². The molecule has 2 aliphatic heterocycles. The van der Waals surface area contributed by atoms with Crippen LogP contribution in [0.15, 0.2) is 42.6 Å². The predicted octanol–water partition coefficient (Wildman–Crippen LogP) is 4.32. The number of carbonyl (C=O) groups is 1. The normalized spacial score (nSPS) is 21.1. The molecule has 0 spiro atoms. The Bertz CT molecular complexity index is 1540. The lowest BCUT2D eigenvalue weighted by Crippen LogP contribution is -2.48. The highest BCUT2D eigenvalue weighted by Crippen LogP contribution is 2.52. The van der Waals surface area contributed by atoms with Crippen LogP contribution in [0.2, 0.25) is 5.02 Å². The van der Waals surface area contributed by atoms with Crippen molar-refractivity contribution in [2.45, 2.75) is 37.8 Å². The molecule has 36 heavy (non-hydrogen) atoms. The van der Waals surface area contributed by atoms with E-state index in [4.69, 9.17) is 22.1 Å². The van der Waals surface area contributed by atoms with Gasteiger partial charge in [-0.1, -0.05) is 41.9 Å². The van der Waals surface area contributed by atoms with Gasteiger partial charge in [0.25, 0.3) is 5.91 Å². The summed E-state index contributed by atoms with van der Waals surface area (Å²) >= 11 is 6.51. The van der Waals surface area contributed by atoms with E-state index in [0.717, 1.165) is 24.9 Å². The number of fused-ring (bicyclic) bond motifs is 2. The largest absolute Gasteiger partial charge is 0.480 e. The van der Waals surface area contributed by atoms with E-state index >= 15 is 8.78 Å². The Balaban J connectivity index is 1.63. The SMILES string of the molecule is Cc1nnc2c(F)c(-c3c(Cl)c(F)cc4c3C[C@](c3ccccc3)([C@@H]3CCCN3)O4)c(C(N)=O)cn12. The van der Waals surface area contributed by atoms with Gasteiger partial charge in [-0.25, -0.2) is 8.78 Å². The Labute approximate surface area is 210 Å². The summed E-state index contributed by atoms with van der Waals surface area (Å²) in [4.78, 5) is 12.5. The van der Waals surface area contributed by atoms with Crippen LogP contribution < -0.4 is 15.8 Å². The molecule has 0 aliphatic carbocycles. The third-order valence-corrected chi connectivity index (χ3v) is 7.60. The van der Waals surface area contributed by atoms with Crippen molar-refractivity contribution in [2.75, 3.05) is 6.54 Å². The summed E-state index contributed by atoms with van der Waals surface area (Å²) in [5, 5.41) is 11.0. The minimum atomic E-state index is -0.890. The number of carbonyl (C=O) groups excluding carboxylic acids is 1. The maximum atomic E-state index is 16.0. The van der Waals surface area contributed by atoms with Crippen LogP contribution in [0.3, 0.4) is 0 Å².